The van der Waals surface area contributed by atoms with Crippen LogP contribution in [0.3, 0.4) is 0 Å². The molecule has 0 saturated carbocycles. The number of nitrogens with zero attached hydrogens (tertiary/aromatic N) is 2. The fourth-order valence-electron chi connectivity index (χ4n) is 3.34. The molecular formula is C22H23N3O2. The highest BCUT2D eigenvalue weighted by Gasteiger charge is 2.32. The van der Waals surface area contributed by atoms with Crippen LogP contribution in [0.25, 0.3) is 0 Å². The van der Waals surface area contributed by atoms with Crippen LogP contribution in [0.5, 0.6) is 0 Å². The largest absolute Gasteiger partial charge is 0.324 e. The fourth-order valence-corrected chi connectivity index (χ4v) is 3.34. The average molecular weight is 361 g/mol. The number of carbonyl (C=O) groups is 2. The molecule has 5 nitrogen and oxygen atoms in total. The van der Waals surface area contributed by atoms with Gasteiger partial charge in [0, 0.05) is 19.2 Å². The third-order valence-corrected chi connectivity index (χ3v) is 4.55. The molecule has 0 aliphatic carbocycles. The Morgan fingerprint density at radius 1 is 1.26 bits per heavy atom. The van der Waals surface area contributed by atoms with Crippen LogP contribution in [0, 0.1) is 0 Å². The molecule has 2 atom stereocenters. The molecule has 2 heterocycles. The van der Waals surface area contributed by atoms with Crippen molar-refractivity contribution in [1.29, 1.82) is 0 Å². The highest BCUT2D eigenvalue weighted by molar-refractivity contribution is 5.95. The van der Waals surface area contributed by atoms with E-state index in [1.165, 1.54) is 13.1 Å². The summed E-state index contributed by atoms with van der Waals surface area (Å²) >= 11 is 0. The zero-order valence-electron chi connectivity index (χ0n) is 15.3. The van der Waals surface area contributed by atoms with Gasteiger partial charge in [0.2, 0.25) is 5.91 Å². The van der Waals surface area contributed by atoms with E-state index in [-0.39, 0.29) is 23.9 Å². The van der Waals surface area contributed by atoms with E-state index in [9.17, 15) is 9.59 Å². The molecule has 5 heteroatoms. The summed E-state index contributed by atoms with van der Waals surface area (Å²) < 4.78 is 0. The lowest BCUT2D eigenvalue weighted by Crippen LogP contribution is -2.44. The SMILES string of the molecule is C=CC[C@@H]1CC=C[C@@H](c2ccccc2)N1C(=O)c1ccc(NC(C)=O)nc1. The third-order valence-electron chi connectivity index (χ3n) is 4.55. The number of nitrogens with one attached hydrogen (secondary N) is 1. The standard InChI is InChI=1S/C22H23N3O2/c1-3-8-19-11-7-12-20(17-9-5-4-6-10-17)25(19)22(27)18-13-14-21(23-15-18)24-16(2)26/h3-7,9-10,12-15,19-20H,1,8,11H2,2H3,(H,23,24,26)/t19-,20+/m1/s1. The number of aromatic nitrogens is 1. The van der Waals surface area contributed by atoms with Crippen LogP contribution in [0.15, 0.2) is 73.5 Å². The number of amides is 2. The molecule has 1 aliphatic heterocycles. The van der Waals surface area contributed by atoms with Crippen molar-refractivity contribution in [1.82, 2.24) is 9.88 Å². The Hall–Kier alpha value is -3.21. The predicted molar refractivity (Wildman–Crippen MR) is 106 cm³/mol. The van der Waals surface area contributed by atoms with Crippen molar-refractivity contribution in [2.24, 2.45) is 0 Å². The minimum atomic E-state index is -0.196. The smallest absolute Gasteiger partial charge is 0.256 e. The molecule has 0 spiro atoms. The maximum atomic E-state index is 13.3. The van der Waals surface area contributed by atoms with Crippen LogP contribution in [-0.2, 0) is 4.79 Å². The highest BCUT2D eigenvalue weighted by atomic mass is 16.2. The van der Waals surface area contributed by atoms with Crippen molar-refractivity contribution in [2.75, 3.05) is 5.32 Å². The molecule has 2 aromatic rings. The van der Waals surface area contributed by atoms with Crippen LogP contribution in [0.2, 0.25) is 0 Å². The van der Waals surface area contributed by atoms with Gasteiger partial charge < -0.3 is 10.2 Å². The van der Waals surface area contributed by atoms with Gasteiger partial charge in [-0.1, -0.05) is 48.6 Å². The molecule has 1 N–H and O–H groups in total. The van der Waals surface area contributed by atoms with Crippen molar-refractivity contribution in [3.8, 4) is 0 Å². The summed E-state index contributed by atoms with van der Waals surface area (Å²) in [6.45, 7) is 5.27. The van der Waals surface area contributed by atoms with Crippen molar-refractivity contribution in [3.05, 3.63) is 84.6 Å². The van der Waals surface area contributed by atoms with Gasteiger partial charge in [-0.25, -0.2) is 4.98 Å². The van der Waals surface area contributed by atoms with E-state index in [0.717, 1.165) is 18.4 Å². The number of hydrogen-bond donors (Lipinski definition) is 1. The van der Waals surface area contributed by atoms with Gasteiger partial charge in [0.15, 0.2) is 0 Å². The van der Waals surface area contributed by atoms with Crippen molar-refractivity contribution < 1.29 is 9.59 Å². The molecular weight excluding hydrogens is 338 g/mol. The molecule has 27 heavy (non-hydrogen) atoms. The first-order chi connectivity index (χ1) is 13.1. The average Bonchev–Trinajstić information content (AvgIpc) is 2.68. The van der Waals surface area contributed by atoms with Crippen LogP contribution in [0.4, 0.5) is 5.82 Å². The topological polar surface area (TPSA) is 62.3 Å². The fraction of sp³-hybridized carbons (Fsp3) is 0.227. The van der Waals surface area contributed by atoms with Gasteiger partial charge in [-0.2, -0.15) is 0 Å². The summed E-state index contributed by atoms with van der Waals surface area (Å²) in [5, 5.41) is 2.61. The molecule has 1 aromatic carbocycles. The zero-order valence-corrected chi connectivity index (χ0v) is 15.3. The van der Waals surface area contributed by atoms with Crippen LogP contribution in [0.1, 0.15) is 41.7 Å². The number of hydrogen-bond acceptors (Lipinski definition) is 3. The van der Waals surface area contributed by atoms with Gasteiger partial charge in [0.25, 0.3) is 5.91 Å². The van der Waals surface area contributed by atoms with Gasteiger partial charge in [-0.15, -0.1) is 6.58 Å². The zero-order chi connectivity index (χ0) is 19.2. The summed E-state index contributed by atoms with van der Waals surface area (Å²) in [6.07, 6.45) is 9.08. The number of rotatable bonds is 5. The lowest BCUT2D eigenvalue weighted by molar-refractivity contribution is -0.114. The van der Waals surface area contributed by atoms with Gasteiger partial charge in [0.1, 0.15) is 5.82 Å². The molecule has 1 aliphatic rings. The number of anilines is 1. The van der Waals surface area contributed by atoms with E-state index in [1.807, 2.05) is 41.3 Å². The number of carbonyl (C=O) groups excluding carboxylic acids is 2. The van der Waals surface area contributed by atoms with E-state index in [4.69, 9.17) is 0 Å². The van der Waals surface area contributed by atoms with Crippen molar-refractivity contribution in [2.45, 2.75) is 31.8 Å². The maximum Gasteiger partial charge on any atom is 0.256 e. The minimum Gasteiger partial charge on any atom is -0.324 e. The molecule has 2 amide bonds. The normalized spacial score (nSPS) is 18.8. The summed E-state index contributed by atoms with van der Waals surface area (Å²) in [6, 6.07) is 13.2. The summed E-state index contributed by atoms with van der Waals surface area (Å²) in [5.74, 6) is 0.153. The lowest BCUT2D eigenvalue weighted by Gasteiger charge is -2.39. The van der Waals surface area contributed by atoms with Crippen LogP contribution in [-0.4, -0.2) is 27.7 Å². The van der Waals surface area contributed by atoms with Gasteiger partial charge in [0.05, 0.1) is 11.6 Å². The van der Waals surface area contributed by atoms with E-state index in [0.29, 0.717) is 11.4 Å². The van der Waals surface area contributed by atoms with Crippen LogP contribution >= 0.6 is 0 Å². The van der Waals surface area contributed by atoms with Gasteiger partial charge in [-0.05, 0) is 30.5 Å². The highest BCUT2D eigenvalue weighted by Crippen LogP contribution is 2.32. The molecule has 0 saturated heterocycles. The Labute approximate surface area is 159 Å². The summed E-state index contributed by atoms with van der Waals surface area (Å²) in [4.78, 5) is 30.6. The van der Waals surface area contributed by atoms with Gasteiger partial charge in [-0.3, -0.25) is 9.59 Å². The Morgan fingerprint density at radius 3 is 2.67 bits per heavy atom. The van der Waals surface area contributed by atoms with Gasteiger partial charge >= 0.3 is 0 Å². The number of pyridine rings is 1. The lowest BCUT2D eigenvalue weighted by atomic mass is 9.94. The van der Waals surface area contributed by atoms with E-state index < -0.39 is 0 Å². The minimum absolute atomic E-state index is 0.0419. The second-order valence-electron chi connectivity index (χ2n) is 6.52. The Kier molecular flexibility index (Phi) is 5.81. The van der Waals surface area contributed by atoms with Crippen molar-refractivity contribution in [3.63, 3.8) is 0 Å². The molecule has 1 aromatic heterocycles. The second kappa shape index (κ2) is 8.45. The van der Waals surface area contributed by atoms with Crippen molar-refractivity contribution >= 4 is 17.6 Å². The molecule has 0 radical (unpaired) electrons. The van der Waals surface area contributed by atoms with Crippen LogP contribution < -0.4 is 5.32 Å². The van der Waals surface area contributed by atoms with E-state index in [2.05, 4.69) is 29.0 Å². The molecule has 0 unspecified atom stereocenters. The molecule has 0 fully saturated rings. The van der Waals surface area contributed by atoms with E-state index >= 15 is 0 Å². The maximum absolute atomic E-state index is 13.3. The first kappa shape index (κ1) is 18.6. The quantitative estimate of drug-likeness (QED) is 0.815. The Morgan fingerprint density at radius 2 is 2.04 bits per heavy atom. The number of benzene rings is 1. The summed E-state index contributed by atoms with van der Waals surface area (Å²) in [5.41, 5.74) is 1.56. The monoisotopic (exact) mass is 361 g/mol. The first-order valence-electron chi connectivity index (χ1n) is 8.99. The molecule has 138 valence electrons. The Balaban J connectivity index is 1.92. The van der Waals surface area contributed by atoms with E-state index in [1.54, 1.807) is 12.1 Å². The molecule has 3 rings (SSSR count). The molecule has 0 bridgehead atoms. The predicted octanol–water partition coefficient (Wildman–Crippen LogP) is 4.13. The first-order valence-corrected chi connectivity index (χ1v) is 8.99. The second-order valence-corrected chi connectivity index (χ2v) is 6.52. The summed E-state index contributed by atoms with van der Waals surface area (Å²) in [7, 11) is 0. The Bertz CT molecular complexity index is 844. The third kappa shape index (κ3) is 4.31.